The summed E-state index contributed by atoms with van der Waals surface area (Å²) < 4.78 is 1.57. The SMILES string of the molecule is CN(CC1CCCN(CCc2ccc(Cl)cc2)C1)C(=O)Cn1cncn1. The molecule has 1 fully saturated rings. The molecule has 0 spiro atoms. The Morgan fingerprint density at radius 2 is 2.15 bits per heavy atom. The van der Waals surface area contributed by atoms with Crippen molar-refractivity contribution in [2.75, 3.05) is 33.2 Å². The van der Waals surface area contributed by atoms with Crippen molar-refractivity contribution in [1.82, 2.24) is 24.6 Å². The van der Waals surface area contributed by atoms with Gasteiger partial charge in [-0.15, -0.1) is 0 Å². The fourth-order valence-corrected chi connectivity index (χ4v) is 3.63. The molecular formula is C19H26ClN5O. The molecule has 2 aromatic rings. The molecule has 1 aromatic heterocycles. The van der Waals surface area contributed by atoms with Gasteiger partial charge in [-0.3, -0.25) is 4.79 Å². The first kappa shape index (κ1) is 18.9. The second-order valence-corrected chi connectivity index (χ2v) is 7.49. The summed E-state index contributed by atoms with van der Waals surface area (Å²) in [5.74, 6) is 0.604. The van der Waals surface area contributed by atoms with E-state index < -0.39 is 0 Å². The van der Waals surface area contributed by atoms with E-state index in [1.165, 1.54) is 24.7 Å². The van der Waals surface area contributed by atoms with Crippen LogP contribution in [0.3, 0.4) is 0 Å². The molecule has 0 saturated carbocycles. The van der Waals surface area contributed by atoms with Crippen LogP contribution in [0.2, 0.25) is 5.02 Å². The number of aromatic nitrogens is 3. The molecule has 1 unspecified atom stereocenters. The van der Waals surface area contributed by atoms with Crippen molar-refractivity contribution >= 4 is 17.5 Å². The Morgan fingerprint density at radius 3 is 2.88 bits per heavy atom. The Morgan fingerprint density at radius 1 is 1.35 bits per heavy atom. The fourth-order valence-electron chi connectivity index (χ4n) is 3.50. The van der Waals surface area contributed by atoms with E-state index >= 15 is 0 Å². The van der Waals surface area contributed by atoms with E-state index in [1.807, 2.05) is 24.1 Å². The maximum atomic E-state index is 12.3. The average Bonchev–Trinajstić information content (AvgIpc) is 3.14. The third-order valence-electron chi connectivity index (χ3n) is 4.95. The van der Waals surface area contributed by atoms with Crippen LogP contribution >= 0.6 is 11.6 Å². The molecule has 0 aliphatic carbocycles. The smallest absolute Gasteiger partial charge is 0.244 e. The van der Waals surface area contributed by atoms with E-state index in [9.17, 15) is 4.79 Å². The molecule has 0 bridgehead atoms. The Bertz CT molecular complexity index is 688. The van der Waals surface area contributed by atoms with Crippen LogP contribution in [-0.4, -0.2) is 63.7 Å². The van der Waals surface area contributed by atoms with Gasteiger partial charge in [0.1, 0.15) is 19.2 Å². The van der Waals surface area contributed by atoms with Gasteiger partial charge < -0.3 is 9.80 Å². The molecule has 1 atom stereocenters. The summed E-state index contributed by atoms with van der Waals surface area (Å²) in [6.07, 6.45) is 6.43. The first-order valence-corrected chi connectivity index (χ1v) is 9.51. The summed E-state index contributed by atoms with van der Waals surface area (Å²) in [6, 6.07) is 8.10. The van der Waals surface area contributed by atoms with E-state index in [0.717, 1.165) is 37.6 Å². The summed E-state index contributed by atoms with van der Waals surface area (Å²) >= 11 is 5.95. The first-order valence-electron chi connectivity index (χ1n) is 9.13. The van der Waals surface area contributed by atoms with Crippen molar-refractivity contribution < 1.29 is 4.79 Å². The van der Waals surface area contributed by atoms with Crippen molar-refractivity contribution in [3.05, 3.63) is 47.5 Å². The molecule has 2 heterocycles. The second kappa shape index (κ2) is 9.14. The van der Waals surface area contributed by atoms with E-state index in [-0.39, 0.29) is 12.5 Å². The van der Waals surface area contributed by atoms with Gasteiger partial charge in [0.15, 0.2) is 0 Å². The van der Waals surface area contributed by atoms with Gasteiger partial charge in [0.2, 0.25) is 5.91 Å². The number of rotatable bonds is 7. The first-order chi connectivity index (χ1) is 12.6. The number of hydrogen-bond acceptors (Lipinski definition) is 4. The van der Waals surface area contributed by atoms with Crippen molar-refractivity contribution in [3.8, 4) is 0 Å². The van der Waals surface area contributed by atoms with E-state index in [4.69, 9.17) is 11.6 Å². The molecular weight excluding hydrogens is 350 g/mol. The minimum atomic E-state index is 0.0776. The van der Waals surface area contributed by atoms with Crippen LogP contribution in [0.4, 0.5) is 0 Å². The van der Waals surface area contributed by atoms with Gasteiger partial charge in [0.25, 0.3) is 0 Å². The number of carbonyl (C=O) groups is 1. The number of piperidine rings is 1. The highest BCUT2D eigenvalue weighted by Crippen LogP contribution is 2.18. The summed E-state index contributed by atoms with van der Waals surface area (Å²) in [5.41, 5.74) is 1.32. The summed E-state index contributed by atoms with van der Waals surface area (Å²) in [4.78, 5) is 20.5. The minimum Gasteiger partial charge on any atom is -0.344 e. The van der Waals surface area contributed by atoms with Gasteiger partial charge in [-0.25, -0.2) is 9.67 Å². The predicted octanol–water partition coefficient (Wildman–Crippen LogP) is 2.34. The van der Waals surface area contributed by atoms with Crippen LogP contribution in [0, 0.1) is 5.92 Å². The quantitative estimate of drug-likeness (QED) is 0.745. The van der Waals surface area contributed by atoms with Crippen LogP contribution in [0.25, 0.3) is 0 Å². The van der Waals surface area contributed by atoms with Crippen LogP contribution in [-0.2, 0) is 17.8 Å². The minimum absolute atomic E-state index is 0.0776. The number of carbonyl (C=O) groups excluding carboxylic acids is 1. The Balaban J connectivity index is 1.43. The highest BCUT2D eigenvalue weighted by molar-refractivity contribution is 6.30. The molecule has 1 aliphatic heterocycles. The van der Waals surface area contributed by atoms with Crippen LogP contribution in [0.5, 0.6) is 0 Å². The largest absolute Gasteiger partial charge is 0.344 e. The van der Waals surface area contributed by atoms with Crippen molar-refractivity contribution in [1.29, 1.82) is 0 Å². The van der Waals surface area contributed by atoms with Crippen molar-refractivity contribution in [3.63, 3.8) is 0 Å². The molecule has 1 aliphatic rings. The number of halogens is 1. The number of likely N-dealkylation sites (tertiary alicyclic amines) is 1. The summed E-state index contributed by atoms with van der Waals surface area (Å²) in [7, 11) is 1.88. The number of hydrogen-bond donors (Lipinski definition) is 0. The monoisotopic (exact) mass is 375 g/mol. The molecule has 0 N–H and O–H groups in total. The normalized spacial score (nSPS) is 18.0. The maximum Gasteiger partial charge on any atom is 0.244 e. The molecule has 7 heteroatoms. The lowest BCUT2D eigenvalue weighted by Gasteiger charge is -2.34. The molecule has 140 valence electrons. The van der Waals surface area contributed by atoms with Crippen LogP contribution < -0.4 is 0 Å². The van der Waals surface area contributed by atoms with E-state index in [2.05, 4.69) is 27.1 Å². The third-order valence-corrected chi connectivity index (χ3v) is 5.21. The van der Waals surface area contributed by atoms with Gasteiger partial charge in [0, 0.05) is 31.7 Å². The van der Waals surface area contributed by atoms with E-state index in [0.29, 0.717) is 5.92 Å². The molecule has 3 rings (SSSR count). The zero-order valence-electron chi connectivity index (χ0n) is 15.2. The molecule has 6 nitrogen and oxygen atoms in total. The lowest BCUT2D eigenvalue weighted by molar-refractivity contribution is -0.131. The number of amides is 1. The van der Waals surface area contributed by atoms with Gasteiger partial charge in [-0.2, -0.15) is 5.10 Å². The number of nitrogens with zero attached hydrogens (tertiary/aromatic N) is 5. The van der Waals surface area contributed by atoms with Crippen LogP contribution in [0.1, 0.15) is 18.4 Å². The number of likely N-dealkylation sites (N-methyl/N-ethyl adjacent to an activating group) is 1. The average molecular weight is 376 g/mol. The Hall–Kier alpha value is -1.92. The molecule has 1 saturated heterocycles. The van der Waals surface area contributed by atoms with Gasteiger partial charge in [-0.05, 0) is 49.4 Å². The topological polar surface area (TPSA) is 54.3 Å². The summed E-state index contributed by atoms with van der Waals surface area (Å²) in [6.45, 7) is 4.29. The second-order valence-electron chi connectivity index (χ2n) is 7.05. The lowest BCUT2D eigenvalue weighted by atomic mass is 9.97. The fraction of sp³-hybridized carbons (Fsp3) is 0.526. The van der Waals surface area contributed by atoms with Crippen molar-refractivity contribution in [2.45, 2.75) is 25.8 Å². The maximum absolute atomic E-state index is 12.3. The zero-order valence-corrected chi connectivity index (χ0v) is 16.0. The highest BCUT2D eigenvalue weighted by atomic mass is 35.5. The van der Waals surface area contributed by atoms with Gasteiger partial charge >= 0.3 is 0 Å². The predicted molar refractivity (Wildman–Crippen MR) is 102 cm³/mol. The molecule has 0 radical (unpaired) electrons. The Labute approximate surface area is 159 Å². The van der Waals surface area contributed by atoms with Gasteiger partial charge in [0.05, 0.1) is 0 Å². The lowest BCUT2D eigenvalue weighted by Crippen LogP contribution is -2.42. The third kappa shape index (κ3) is 5.54. The molecule has 1 amide bonds. The standard InChI is InChI=1S/C19H26ClN5O/c1-23(19(26)13-25-15-21-14-22-25)11-17-3-2-9-24(12-17)10-8-16-4-6-18(20)7-5-16/h4-7,14-15,17H,2-3,8-13H2,1H3. The zero-order chi connectivity index (χ0) is 18.4. The Kier molecular flexibility index (Phi) is 6.63. The highest BCUT2D eigenvalue weighted by Gasteiger charge is 2.22. The molecule has 1 aromatic carbocycles. The molecule has 26 heavy (non-hydrogen) atoms. The van der Waals surface area contributed by atoms with Crippen molar-refractivity contribution in [2.24, 2.45) is 5.92 Å². The van der Waals surface area contributed by atoms with Gasteiger partial charge in [-0.1, -0.05) is 23.7 Å². The number of benzene rings is 1. The summed E-state index contributed by atoms with van der Waals surface area (Å²) in [5, 5.41) is 4.78. The van der Waals surface area contributed by atoms with Crippen LogP contribution in [0.15, 0.2) is 36.9 Å². The van der Waals surface area contributed by atoms with E-state index in [1.54, 1.807) is 11.0 Å².